The van der Waals surface area contributed by atoms with E-state index >= 15 is 0 Å². The first-order chi connectivity index (χ1) is 15.2. The number of rotatable bonds is 2. The second-order valence-corrected chi connectivity index (χ2v) is 47.0. The van der Waals surface area contributed by atoms with Crippen LogP contribution in [-0.4, -0.2) is 7.37 Å². The van der Waals surface area contributed by atoms with Gasteiger partial charge in [-0.3, -0.25) is 0 Å². The van der Waals surface area contributed by atoms with Crippen molar-refractivity contribution in [1.29, 1.82) is 0 Å². The van der Waals surface area contributed by atoms with Gasteiger partial charge in [-0.25, -0.2) is 0 Å². The summed E-state index contributed by atoms with van der Waals surface area (Å²) in [4.78, 5) is 0. The van der Waals surface area contributed by atoms with Gasteiger partial charge in [-0.2, -0.15) is 0 Å². The van der Waals surface area contributed by atoms with E-state index in [1.54, 1.807) is 28.8 Å². The van der Waals surface area contributed by atoms with Gasteiger partial charge in [0.15, 0.2) is 0 Å². The van der Waals surface area contributed by atoms with Crippen LogP contribution in [0.3, 0.4) is 0 Å². The molecule has 2 aromatic carbocycles. The first-order valence-electron chi connectivity index (χ1n) is 11.9. The molecule has 0 bridgehead atoms. The van der Waals surface area contributed by atoms with Gasteiger partial charge in [-0.1, -0.05) is 0 Å². The zero-order chi connectivity index (χ0) is 22.3. The molecule has 4 aliphatic carbocycles. The van der Waals surface area contributed by atoms with E-state index in [0.29, 0.717) is 11.8 Å². The first-order valence-corrected chi connectivity index (χ1v) is 27.6. The summed E-state index contributed by atoms with van der Waals surface area (Å²) in [6.07, 6.45) is 18.7. The van der Waals surface area contributed by atoms with Gasteiger partial charge in [-0.15, -0.1) is 0 Å². The van der Waals surface area contributed by atoms with Crippen molar-refractivity contribution < 1.29 is 42.8 Å². The molecule has 2 aromatic rings. The molecule has 2 atom stereocenters. The maximum atomic E-state index is 2.74. The van der Waals surface area contributed by atoms with E-state index in [0.717, 1.165) is 0 Å². The largest absolute Gasteiger partial charge is 1.00 e. The van der Waals surface area contributed by atoms with E-state index < -0.39 is 17.9 Å². The number of hydrogen-bond acceptors (Lipinski definition) is 0. The maximum Gasteiger partial charge on any atom is -1.00 e. The van der Waals surface area contributed by atoms with Crippen molar-refractivity contribution in [2.24, 2.45) is 0 Å². The third kappa shape index (κ3) is 3.56. The van der Waals surface area contributed by atoms with Crippen LogP contribution in [0.1, 0.15) is 45.2 Å². The monoisotopic (exact) mass is 579 g/mol. The summed E-state index contributed by atoms with van der Waals surface area (Å²) in [6.45, 7) is 4.50. The SMILES string of the molecule is Cc1ccc2c(c1)[C]([Zr+2]([CH3])([CH3])([SiH3])[C]1=C3C=CC=CC3c3ccc(C)cc31)=C1C=CC=CC12.[Cl-].[Cl-]. The molecule has 0 heterocycles. The van der Waals surface area contributed by atoms with Crippen LogP contribution >= 0.6 is 0 Å². The van der Waals surface area contributed by atoms with Crippen LogP contribution in [0.5, 0.6) is 0 Å². The Morgan fingerprint density at radius 3 is 1.47 bits per heavy atom. The summed E-state index contributed by atoms with van der Waals surface area (Å²) in [6, 6.07) is 14.4. The molecular weight excluding hydrogens is 551 g/mol. The van der Waals surface area contributed by atoms with Crippen LogP contribution in [0.2, 0.25) is 9.26 Å². The number of fused-ring (bicyclic) bond motifs is 6. The molecule has 0 aromatic heterocycles. The Morgan fingerprint density at radius 2 is 1.06 bits per heavy atom. The van der Waals surface area contributed by atoms with Gasteiger partial charge in [0.2, 0.25) is 0 Å². The summed E-state index contributed by atoms with van der Waals surface area (Å²) in [5, 5.41) is 0. The van der Waals surface area contributed by atoms with Gasteiger partial charge in [0, 0.05) is 0 Å². The van der Waals surface area contributed by atoms with Crippen LogP contribution in [0.25, 0.3) is 6.56 Å². The molecule has 0 saturated heterocycles. The second kappa shape index (κ2) is 8.59. The zero-order valence-electron chi connectivity index (χ0n) is 20.5. The van der Waals surface area contributed by atoms with E-state index in [1.807, 2.05) is 0 Å². The fourth-order valence-electron chi connectivity index (χ4n) is 6.81. The van der Waals surface area contributed by atoms with E-state index in [9.17, 15) is 0 Å². The summed E-state index contributed by atoms with van der Waals surface area (Å²) in [5.74, 6) is 0.850. The topological polar surface area (TPSA) is 0 Å². The Kier molecular flexibility index (Phi) is 6.48. The number of halogens is 2. The third-order valence-electron chi connectivity index (χ3n) is 8.00. The molecular formula is C30H31Cl2SiZr. The Hall–Kier alpha value is -1.44. The van der Waals surface area contributed by atoms with Crippen LogP contribution in [0.4, 0.5) is 0 Å². The van der Waals surface area contributed by atoms with Gasteiger partial charge >= 0.3 is 196 Å². The number of allylic oxidation sites excluding steroid dienone is 10. The Morgan fingerprint density at radius 1 is 0.647 bits per heavy atom. The maximum absolute atomic E-state index is 3.55. The van der Waals surface area contributed by atoms with Crippen LogP contribution in [-0.2, 0) is 17.9 Å². The number of benzene rings is 2. The van der Waals surface area contributed by atoms with Crippen molar-refractivity contribution in [3.05, 3.63) is 130 Å². The smallest absolute Gasteiger partial charge is 1.00 e. The van der Waals surface area contributed by atoms with E-state index in [4.69, 9.17) is 0 Å². The van der Waals surface area contributed by atoms with Crippen LogP contribution in [0, 0.1) is 13.8 Å². The molecule has 0 fully saturated rings. The van der Waals surface area contributed by atoms with E-state index in [-0.39, 0.29) is 24.8 Å². The van der Waals surface area contributed by atoms with Gasteiger partial charge in [0.25, 0.3) is 0 Å². The van der Waals surface area contributed by atoms with Gasteiger partial charge in [-0.05, 0) is 0 Å². The molecule has 4 aliphatic rings. The average molecular weight is 582 g/mol. The van der Waals surface area contributed by atoms with Gasteiger partial charge in [0.1, 0.15) is 0 Å². The molecule has 173 valence electrons. The second-order valence-electron chi connectivity index (χ2n) is 11.4. The van der Waals surface area contributed by atoms with Crippen molar-refractivity contribution in [3.63, 3.8) is 0 Å². The quantitative estimate of drug-likeness (QED) is 0.464. The van der Waals surface area contributed by atoms with Gasteiger partial charge in [0.05, 0.1) is 0 Å². The van der Waals surface area contributed by atoms with Crippen molar-refractivity contribution in [2.45, 2.75) is 34.9 Å². The number of aryl methyl sites for hydroxylation is 2. The minimum Gasteiger partial charge on any atom is -1.00 e. The summed E-state index contributed by atoms with van der Waals surface area (Å²) in [5.41, 5.74) is 12.0. The molecule has 0 N–H and O–H groups in total. The normalized spacial score (nSPS) is 21.7. The van der Waals surface area contributed by atoms with Crippen molar-refractivity contribution in [3.8, 4) is 0 Å². The minimum absolute atomic E-state index is 0. The zero-order valence-corrected chi connectivity index (χ0v) is 26.5. The standard InChI is InChI=1S/2C14H11.2CH3.2ClH.H3Si.Zr/c2*1-10-6-7-14-12(8-10)9-11-4-2-3-5-13(11)14;;;;;;/h2*2-8,13H,1H3;2*1H3;2*1H;1H3;/q;;;;;;;+2/p-2. The fourth-order valence-corrected chi connectivity index (χ4v) is 25.9. The van der Waals surface area contributed by atoms with Crippen LogP contribution < -0.4 is 24.8 Å². The van der Waals surface area contributed by atoms with Crippen LogP contribution in [0.15, 0.2) is 96.2 Å². The molecule has 0 saturated carbocycles. The first kappa shape index (κ1) is 25.6. The molecule has 0 amide bonds. The Bertz CT molecular complexity index is 1290. The molecule has 34 heavy (non-hydrogen) atoms. The third-order valence-corrected chi connectivity index (χ3v) is 25.3. The molecule has 0 radical (unpaired) electrons. The van der Waals surface area contributed by atoms with Gasteiger partial charge < -0.3 is 24.8 Å². The average Bonchev–Trinajstić information content (AvgIpc) is 3.26. The Labute approximate surface area is 219 Å². The molecule has 6 rings (SSSR count). The van der Waals surface area contributed by atoms with Crippen molar-refractivity contribution in [1.82, 2.24) is 0 Å². The molecule has 2 unspecified atom stereocenters. The number of hydrogen-bond donors (Lipinski definition) is 0. The molecule has 0 aliphatic heterocycles. The van der Waals surface area contributed by atoms with Crippen molar-refractivity contribution in [2.75, 3.05) is 0 Å². The minimum atomic E-state index is -3.55. The summed E-state index contributed by atoms with van der Waals surface area (Å²) < 4.78 is 8.97. The summed E-state index contributed by atoms with van der Waals surface area (Å²) >= 11 is -3.55. The van der Waals surface area contributed by atoms with E-state index in [1.165, 1.54) is 29.6 Å². The van der Waals surface area contributed by atoms with E-state index in [2.05, 4.69) is 108 Å². The molecule has 0 nitrogen and oxygen atoms in total. The summed E-state index contributed by atoms with van der Waals surface area (Å²) in [7, 11) is 1.22. The Balaban J connectivity index is 0.00000137. The molecule has 0 spiro atoms. The fraction of sp³-hybridized carbons (Fsp3) is 0.200. The predicted molar refractivity (Wildman–Crippen MR) is 140 cm³/mol. The van der Waals surface area contributed by atoms with Crippen molar-refractivity contribution >= 4 is 13.9 Å². The molecule has 4 heteroatoms. The predicted octanol–water partition coefficient (Wildman–Crippen LogP) is 0.946.